The largest absolute Gasteiger partial charge is 0.338 e. The minimum absolute atomic E-state index is 0.0824. The van der Waals surface area contributed by atoms with Gasteiger partial charge < -0.3 is 10.6 Å². The highest BCUT2D eigenvalue weighted by Crippen LogP contribution is 2.37. The maximum absolute atomic E-state index is 12.4. The SMILES string of the molecule is CC1C(N)CCN1C(=O)C1Cc2ccccc21. The summed E-state index contributed by atoms with van der Waals surface area (Å²) in [4.78, 5) is 14.4. The molecule has 1 heterocycles. The summed E-state index contributed by atoms with van der Waals surface area (Å²) in [6.07, 6.45) is 1.83. The fourth-order valence-corrected chi connectivity index (χ4v) is 2.95. The summed E-state index contributed by atoms with van der Waals surface area (Å²) >= 11 is 0. The Labute approximate surface area is 102 Å². The van der Waals surface area contributed by atoms with Gasteiger partial charge in [-0.3, -0.25) is 4.79 Å². The summed E-state index contributed by atoms with van der Waals surface area (Å²) < 4.78 is 0. The van der Waals surface area contributed by atoms with Gasteiger partial charge in [0.1, 0.15) is 0 Å². The monoisotopic (exact) mass is 230 g/mol. The van der Waals surface area contributed by atoms with E-state index in [0.717, 1.165) is 19.4 Å². The van der Waals surface area contributed by atoms with E-state index in [2.05, 4.69) is 19.1 Å². The van der Waals surface area contributed by atoms with Gasteiger partial charge in [-0.15, -0.1) is 0 Å². The van der Waals surface area contributed by atoms with Gasteiger partial charge in [0.15, 0.2) is 0 Å². The van der Waals surface area contributed by atoms with Crippen LogP contribution in [-0.4, -0.2) is 29.4 Å². The lowest BCUT2D eigenvalue weighted by atomic mass is 9.77. The first kappa shape index (κ1) is 10.8. The van der Waals surface area contributed by atoms with Crippen LogP contribution in [0.3, 0.4) is 0 Å². The molecule has 1 aliphatic heterocycles. The van der Waals surface area contributed by atoms with Crippen LogP contribution in [0.1, 0.15) is 30.4 Å². The van der Waals surface area contributed by atoms with Crippen LogP contribution in [0.5, 0.6) is 0 Å². The first-order valence-electron chi connectivity index (χ1n) is 6.32. The third-order valence-electron chi connectivity index (χ3n) is 4.25. The highest BCUT2D eigenvalue weighted by molar-refractivity contribution is 5.87. The molecule has 3 nitrogen and oxygen atoms in total. The zero-order chi connectivity index (χ0) is 12.0. The van der Waals surface area contributed by atoms with Gasteiger partial charge in [-0.25, -0.2) is 0 Å². The Hall–Kier alpha value is -1.35. The van der Waals surface area contributed by atoms with E-state index in [-0.39, 0.29) is 23.9 Å². The Morgan fingerprint density at radius 1 is 1.41 bits per heavy atom. The van der Waals surface area contributed by atoms with Crippen molar-refractivity contribution in [3.8, 4) is 0 Å². The van der Waals surface area contributed by atoms with Gasteiger partial charge in [0.2, 0.25) is 5.91 Å². The molecule has 3 atom stereocenters. The maximum atomic E-state index is 12.4. The van der Waals surface area contributed by atoms with Gasteiger partial charge in [0.05, 0.1) is 5.92 Å². The van der Waals surface area contributed by atoms with Crippen molar-refractivity contribution >= 4 is 5.91 Å². The van der Waals surface area contributed by atoms with Crippen molar-refractivity contribution in [2.24, 2.45) is 5.73 Å². The smallest absolute Gasteiger partial charge is 0.230 e. The first-order chi connectivity index (χ1) is 8.18. The van der Waals surface area contributed by atoms with Gasteiger partial charge in [0.25, 0.3) is 0 Å². The topological polar surface area (TPSA) is 46.3 Å². The van der Waals surface area contributed by atoms with Crippen LogP contribution >= 0.6 is 0 Å². The van der Waals surface area contributed by atoms with Crippen molar-refractivity contribution in [2.75, 3.05) is 6.54 Å². The van der Waals surface area contributed by atoms with Crippen LogP contribution in [0.2, 0.25) is 0 Å². The molecular formula is C14H18N2O. The van der Waals surface area contributed by atoms with Crippen molar-refractivity contribution in [1.29, 1.82) is 0 Å². The molecule has 1 aliphatic carbocycles. The van der Waals surface area contributed by atoms with Crippen LogP contribution in [0.15, 0.2) is 24.3 Å². The number of carbonyl (C=O) groups excluding carboxylic acids is 1. The Morgan fingerprint density at radius 2 is 2.18 bits per heavy atom. The minimum Gasteiger partial charge on any atom is -0.338 e. The molecule has 3 heteroatoms. The van der Waals surface area contributed by atoms with E-state index in [1.165, 1.54) is 11.1 Å². The molecule has 3 unspecified atom stereocenters. The van der Waals surface area contributed by atoms with Crippen LogP contribution in [0, 0.1) is 0 Å². The lowest BCUT2D eigenvalue weighted by molar-refractivity contribution is -0.134. The Balaban J connectivity index is 1.78. The van der Waals surface area contributed by atoms with E-state index >= 15 is 0 Å². The van der Waals surface area contributed by atoms with Crippen LogP contribution < -0.4 is 5.73 Å². The average molecular weight is 230 g/mol. The summed E-state index contributed by atoms with van der Waals surface area (Å²) in [5.41, 5.74) is 8.50. The predicted octanol–water partition coefficient (Wildman–Crippen LogP) is 1.27. The van der Waals surface area contributed by atoms with E-state index in [0.29, 0.717) is 0 Å². The molecule has 1 saturated heterocycles. The molecular weight excluding hydrogens is 212 g/mol. The second-order valence-electron chi connectivity index (χ2n) is 5.18. The van der Waals surface area contributed by atoms with Crippen molar-refractivity contribution in [3.63, 3.8) is 0 Å². The van der Waals surface area contributed by atoms with Gasteiger partial charge in [0, 0.05) is 18.6 Å². The van der Waals surface area contributed by atoms with Gasteiger partial charge >= 0.3 is 0 Å². The predicted molar refractivity (Wildman–Crippen MR) is 66.7 cm³/mol. The quantitative estimate of drug-likeness (QED) is 0.790. The minimum atomic E-state index is 0.0824. The highest BCUT2D eigenvalue weighted by Gasteiger charge is 2.39. The molecule has 3 rings (SSSR count). The van der Waals surface area contributed by atoms with Crippen LogP contribution in [0.25, 0.3) is 0 Å². The number of nitrogens with zero attached hydrogens (tertiary/aromatic N) is 1. The summed E-state index contributed by atoms with van der Waals surface area (Å²) in [5, 5.41) is 0. The summed E-state index contributed by atoms with van der Waals surface area (Å²) in [6, 6.07) is 8.57. The molecule has 0 spiro atoms. The van der Waals surface area contributed by atoms with E-state index in [1.54, 1.807) is 0 Å². The second-order valence-corrected chi connectivity index (χ2v) is 5.18. The molecule has 0 bridgehead atoms. The van der Waals surface area contributed by atoms with Crippen LogP contribution in [0.4, 0.5) is 0 Å². The number of benzene rings is 1. The number of fused-ring (bicyclic) bond motifs is 1. The number of hydrogen-bond acceptors (Lipinski definition) is 2. The number of carbonyl (C=O) groups is 1. The Kier molecular flexibility index (Phi) is 2.44. The second kappa shape index (κ2) is 3.84. The number of hydrogen-bond donors (Lipinski definition) is 1. The first-order valence-corrected chi connectivity index (χ1v) is 6.32. The Bertz CT molecular complexity index is 457. The number of amides is 1. The van der Waals surface area contributed by atoms with Crippen molar-refractivity contribution in [3.05, 3.63) is 35.4 Å². The normalized spacial score (nSPS) is 30.9. The number of likely N-dealkylation sites (tertiary alicyclic amines) is 1. The molecule has 0 aromatic heterocycles. The van der Waals surface area contributed by atoms with E-state index in [4.69, 9.17) is 5.73 Å². The lowest BCUT2D eigenvalue weighted by Crippen LogP contribution is -2.44. The van der Waals surface area contributed by atoms with E-state index < -0.39 is 0 Å². The molecule has 1 aromatic carbocycles. The number of nitrogens with two attached hydrogens (primary N) is 1. The van der Waals surface area contributed by atoms with E-state index in [1.807, 2.05) is 17.0 Å². The summed E-state index contributed by atoms with van der Waals surface area (Å²) in [5.74, 6) is 0.350. The van der Waals surface area contributed by atoms with Gasteiger partial charge in [-0.2, -0.15) is 0 Å². The molecule has 1 amide bonds. The summed E-state index contributed by atoms with van der Waals surface area (Å²) in [6.45, 7) is 2.87. The van der Waals surface area contributed by atoms with Crippen LogP contribution in [-0.2, 0) is 11.2 Å². The van der Waals surface area contributed by atoms with Crippen molar-refractivity contribution < 1.29 is 4.79 Å². The molecule has 0 radical (unpaired) electrons. The fourth-order valence-electron chi connectivity index (χ4n) is 2.95. The third kappa shape index (κ3) is 1.57. The molecule has 1 aromatic rings. The molecule has 2 N–H and O–H groups in total. The molecule has 0 saturated carbocycles. The number of rotatable bonds is 1. The average Bonchev–Trinajstić information content (AvgIpc) is 2.61. The molecule has 1 fully saturated rings. The fraction of sp³-hybridized carbons (Fsp3) is 0.500. The standard InChI is InChI=1S/C14H18N2O/c1-9-13(15)6-7-16(9)14(17)12-8-10-4-2-3-5-11(10)12/h2-5,9,12-13H,6-8,15H2,1H3. The van der Waals surface area contributed by atoms with E-state index in [9.17, 15) is 4.79 Å². The highest BCUT2D eigenvalue weighted by atomic mass is 16.2. The van der Waals surface area contributed by atoms with Crippen molar-refractivity contribution in [1.82, 2.24) is 4.90 Å². The van der Waals surface area contributed by atoms with Gasteiger partial charge in [-0.1, -0.05) is 24.3 Å². The molecule has 90 valence electrons. The van der Waals surface area contributed by atoms with Gasteiger partial charge in [-0.05, 0) is 30.9 Å². The summed E-state index contributed by atoms with van der Waals surface area (Å²) in [7, 11) is 0. The Morgan fingerprint density at radius 3 is 2.82 bits per heavy atom. The lowest BCUT2D eigenvalue weighted by Gasteiger charge is -2.34. The maximum Gasteiger partial charge on any atom is 0.230 e. The third-order valence-corrected chi connectivity index (χ3v) is 4.25. The zero-order valence-corrected chi connectivity index (χ0v) is 10.1. The zero-order valence-electron chi connectivity index (χ0n) is 10.1. The van der Waals surface area contributed by atoms with Crippen molar-refractivity contribution in [2.45, 2.75) is 37.8 Å². The molecule has 2 aliphatic rings. The molecule has 17 heavy (non-hydrogen) atoms.